The summed E-state index contributed by atoms with van der Waals surface area (Å²) in [4.78, 5) is 20.8. The lowest BCUT2D eigenvalue weighted by atomic mass is 10.1. The number of hydrogen-bond donors (Lipinski definition) is 2. The first-order valence-corrected chi connectivity index (χ1v) is 5.36. The molecule has 2 N–H and O–H groups in total. The molecule has 0 heterocycles. The quantitative estimate of drug-likeness (QED) is 0.684. The Labute approximate surface area is 97.2 Å². The molecule has 0 aliphatic carbocycles. The van der Waals surface area contributed by atoms with Crippen LogP contribution in [0.15, 0.2) is 0 Å². The maximum absolute atomic E-state index is 12.0. The van der Waals surface area contributed by atoms with Gasteiger partial charge in [0.05, 0.1) is 0 Å². The van der Waals surface area contributed by atoms with E-state index in [1.54, 1.807) is 6.92 Å². The van der Waals surface area contributed by atoms with E-state index in [1.807, 2.05) is 5.32 Å². The van der Waals surface area contributed by atoms with Crippen LogP contribution >= 0.6 is 0 Å². The molecule has 0 radical (unpaired) electrons. The highest BCUT2D eigenvalue weighted by molar-refractivity contribution is 5.81. The van der Waals surface area contributed by atoms with Gasteiger partial charge in [0.1, 0.15) is 0 Å². The largest absolute Gasteiger partial charge is 0.481 e. The molecule has 1 unspecified atom stereocenters. The summed E-state index contributed by atoms with van der Waals surface area (Å²) in [7, 11) is 0. The van der Waals surface area contributed by atoms with E-state index < -0.39 is 24.1 Å². The van der Waals surface area contributed by atoms with Gasteiger partial charge in [-0.25, -0.2) is 0 Å². The fourth-order valence-corrected chi connectivity index (χ4v) is 1.31. The minimum Gasteiger partial charge on any atom is -0.481 e. The van der Waals surface area contributed by atoms with Crippen molar-refractivity contribution in [3.63, 3.8) is 0 Å². The zero-order valence-corrected chi connectivity index (χ0v) is 9.51. The first kappa shape index (κ1) is 15.7. The second-order valence-electron chi connectivity index (χ2n) is 3.72. The molecule has 0 aliphatic rings. The second-order valence-corrected chi connectivity index (χ2v) is 3.72. The van der Waals surface area contributed by atoms with Gasteiger partial charge in [-0.15, -0.1) is 0 Å². The van der Waals surface area contributed by atoms with E-state index >= 15 is 0 Å². The number of carboxylic acids is 1. The number of carboxylic acid groups (broad SMARTS) is 1. The third-order valence-electron chi connectivity index (χ3n) is 2.28. The van der Waals surface area contributed by atoms with Crippen LogP contribution in [-0.2, 0) is 9.59 Å². The molecule has 0 aromatic heterocycles. The third kappa shape index (κ3) is 7.59. The fraction of sp³-hybridized carbons (Fsp3) is 0.800. The van der Waals surface area contributed by atoms with Crippen LogP contribution in [-0.4, -0.2) is 29.2 Å². The van der Waals surface area contributed by atoms with E-state index in [1.165, 1.54) is 0 Å². The Morgan fingerprint density at radius 2 is 1.88 bits per heavy atom. The van der Waals surface area contributed by atoms with Crippen molar-refractivity contribution in [2.24, 2.45) is 0 Å². The number of carbonyl (C=O) groups is 2. The molecule has 0 bridgehead atoms. The first-order valence-electron chi connectivity index (χ1n) is 5.36. The number of halogens is 3. The van der Waals surface area contributed by atoms with Crippen LogP contribution in [0.3, 0.4) is 0 Å². The lowest BCUT2D eigenvalue weighted by molar-refractivity contribution is -0.174. The molecule has 0 spiro atoms. The minimum atomic E-state index is -4.87. The van der Waals surface area contributed by atoms with Crippen LogP contribution < -0.4 is 5.32 Å². The summed E-state index contributed by atoms with van der Waals surface area (Å²) in [5.41, 5.74) is 0. The predicted octanol–water partition coefficient (Wildman–Crippen LogP) is 2.09. The average Bonchev–Trinajstić information content (AvgIpc) is 2.20. The average molecular weight is 255 g/mol. The van der Waals surface area contributed by atoms with Crippen molar-refractivity contribution in [3.05, 3.63) is 0 Å². The molecular formula is C10H16F3NO3. The summed E-state index contributed by atoms with van der Waals surface area (Å²) in [6.45, 7) is 1.67. The van der Waals surface area contributed by atoms with Crippen molar-refractivity contribution in [2.75, 3.05) is 0 Å². The molecule has 7 heteroatoms. The fourth-order valence-electron chi connectivity index (χ4n) is 1.31. The maximum atomic E-state index is 12.0. The van der Waals surface area contributed by atoms with Crippen molar-refractivity contribution in [2.45, 2.75) is 51.2 Å². The van der Waals surface area contributed by atoms with Gasteiger partial charge >= 0.3 is 18.1 Å². The van der Waals surface area contributed by atoms with E-state index in [2.05, 4.69) is 0 Å². The van der Waals surface area contributed by atoms with Gasteiger partial charge in [0.25, 0.3) is 0 Å². The van der Waals surface area contributed by atoms with Crippen molar-refractivity contribution in [1.29, 1.82) is 0 Å². The number of hydrogen-bond acceptors (Lipinski definition) is 2. The van der Waals surface area contributed by atoms with Crippen molar-refractivity contribution in [1.82, 2.24) is 5.32 Å². The molecular weight excluding hydrogens is 239 g/mol. The van der Waals surface area contributed by atoms with Gasteiger partial charge in [-0.2, -0.15) is 13.2 Å². The van der Waals surface area contributed by atoms with Crippen LogP contribution in [0.5, 0.6) is 0 Å². The number of aliphatic carboxylic acids is 1. The first-order chi connectivity index (χ1) is 7.77. The monoisotopic (exact) mass is 255 g/mol. The zero-order chi connectivity index (χ0) is 13.5. The highest BCUT2D eigenvalue weighted by Crippen LogP contribution is 2.16. The van der Waals surface area contributed by atoms with E-state index in [4.69, 9.17) is 5.11 Å². The molecule has 1 atom stereocenters. The maximum Gasteiger partial charge on any atom is 0.471 e. The molecule has 0 aromatic carbocycles. The van der Waals surface area contributed by atoms with Gasteiger partial charge in [0.2, 0.25) is 0 Å². The van der Waals surface area contributed by atoms with E-state index in [9.17, 15) is 22.8 Å². The molecule has 100 valence electrons. The van der Waals surface area contributed by atoms with Gasteiger partial charge in [0, 0.05) is 12.5 Å². The molecule has 0 aromatic rings. The smallest absolute Gasteiger partial charge is 0.471 e. The lowest BCUT2D eigenvalue weighted by Gasteiger charge is -2.17. The standard InChI is InChI=1S/C10H16F3NO3/c1-2-7(5-3-4-6-8(15)16)14-9(17)10(11,12)13/h7H,2-6H2,1H3,(H,14,17)(H,15,16). The second kappa shape index (κ2) is 7.13. The number of carbonyl (C=O) groups excluding carboxylic acids is 1. The molecule has 17 heavy (non-hydrogen) atoms. The Hall–Kier alpha value is -1.27. The van der Waals surface area contributed by atoms with Gasteiger partial charge in [-0.05, 0) is 19.3 Å². The summed E-state index contributed by atoms with van der Waals surface area (Å²) in [6, 6.07) is -0.557. The number of amides is 1. The van der Waals surface area contributed by atoms with Gasteiger partial charge in [0.15, 0.2) is 0 Å². The van der Waals surface area contributed by atoms with Crippen LogP contribution in [0.4, 0.5) is 13.2 Å². The molecule has 1 amide bonds. The highest BCUT2D eigenvalue weighted by Gasteiger charge is 2.39. The predicted molar refractivity (Wildman–Crippen MR) is 54.4 cm³/mol. The van der Waals surface area contributed by atoms with Crippen LogP contribution in [0.1, 0.15) is 39.0 Å². The van der Waals surface area contributed by atoms with Crippen LogP contribution in [0.25, 0.3) is 0 Å². The Morgan fingerprint density at radius 3 is 2.29 bits per heavy atom. The van der Waals surface area contributed by atoms with Gasteiger partial charge in [-0.3, -0.25) is 9.59 Å². The number of unbranched alkanes of at least 4 members (excludes halogenated alkanes) is 1. The Kier molecular flexibility index (Phi) is 6.60. The van der Waals surface area contributed by atoms with Crippen molar-refractivity contribution < 1.29 is 27.9 Å². The Bertz CT molecular complexity index is 266. The van der Waals surface area contributed by atoms with Crippen LogP contribution in [0.2, 0.25) is 0 Å². The lowest BCUT2D eigenvalue weighted by Crippen LogP contribution is -2.42. The molecule has 0 aliphatic heterocycles. The molecule has 0 saturated heterocycles. The molecule has 0 fully saturated rings. The zero-order valence-electron chi connectivity index (χ0n) is 9.51. The molecule has 4 nitrogen and oxygen atoms in total. The van der Waals surface area contributed by atoms with Crippen molar-refractivity contribution >= 4 is 11.9 Å². The number of nitrogens with one attached hydrogen (secondary N) is 1. The molecule has 0 saturated carbocycles. The SMILES string of the molecule is CCC(CCCCC(=O)O)NC(=O)C(F)(F)F. The summed E-state index contributed by atoms with van der Waals surface area (Å²) in [6.07, 6.45) is -3.27. The minimum absolute atomic E-state index is 0.0103. The van der Waals surface area contributed by atoms with E-state index in [0.29, 0.717) is 25.7 Å². The van der Waals surface area contributed by atoms with Crippen LogP contribution in [0, 0.1) is 0 Å². The van der Waals surface area contributed by atoms with E-state index in [-0.39, 0.29) is 6.42 Å². The summed E-state index contributed by atoms with van der Waals surface area (Å²) >= 11 is 0. The van der Waals surface area contributed by atoms with Crippen molar-refractivity contribution in [3.8, 4) is 0 Å². The van der Waals surface area contributed by atoms with Gasteiger partial charge < -0.3 is 10.4 Å². The van der Waals surface area contributed by atoms with Gasteiger partial charge in [-0.1, -0.05) is 13.3 Å². The molecule has 0 rings (SSSR count). The van der Waals surface area contributed by atoms with E-state index in [0.717, 1.165) is 0 Å². The summed E-state index contributed by atoms with van der Waals surface area (Å²) in [5, 5.41) is 10.3. The Morgan fingerprint density at radius 1 is 1.29 bits per heavy atom. The highest BCUT2D eigenvalue weighted by atomic mass is 19.4. The topological polar surface area (TPSA) is 66.4 Å². The number of rotatable bonds is 7. The summed E-state index contributed by atoms with van der Waals surface area (Å²) < 4.78 is 35.9. The normalized spacial score (nSPS) is 13.2. The third-order valence-corrected chi connectivity index (χ3v) is 2.28. The Balaban J connectivity index is 3.92. The summed E-state index contributed by atoms with van der Waals surface area (Å²) in [5.74, 6) is -2.88. The number of alkyl halides is 3.